The number of rotatable bonds is 2. The summed E-state index contributed by atoms with van der Waals surface area (Å²) in [6, 6.07) is 0. The van der Waals surface area contributed by atoms with Crippen molar-refractivity contribution in [3.05, 3.63) is 5.21 Å². The van der Waals surface area contributed by atoms with E-state index in [4.69, 9.17) is 0 Å². The van der Waals surface area contributed by atoms with E-state index in [1.54, 1.807) is 6.92 Å². The van der Waals surface area contributed by atoms with E-state index in [1.165, 1.54) is 0 Å². The number of hydrogen-bond donors (Lipinski definition) is 2. The molecule has 0 rings (SSSR count). The lowest BCUT2D eigenvalue weighted by Crippen LogP contribution is -3.12. The molecule has 0 fully saturated rings. The lowest BCUT2D eigenvalue weighted by atomic mass is 10.5. The maximum atomic E-state index is 10.1. The zero-order valence-corrected chi connectivity index (χ0v) is 4.51. The Hall–Kier alpha value is -0.650. The number of hydrogen-bond acceptors (Lipinski definition) is 4. The Kier molecular flexibility index (Phi) is 3.09. The van der Waals surface area contributed by atoms with Crippen molar-refractivity contribution in [2.45, 2.75) is 13.3 Å². The highest BCUT2D eigenvalue weighted by Gasteiger charge is 1.99. The molecule has 0 heterocycles. The fraction of sp³-hybridized carbons (Fsp3) is 0.667. The predicted molar refractivity (Wildman–Crippen MR) is 24.9 cm³/mol. The molecule has 8 heavy (non-hydrogen) atoms. The Labute approximate surface area is 46.5 Å². The van der Waals surface area contributed by atoms with Gasteiger partial charge in [0.05, 0.1) is 0 Å². The second-order valence-electron chi connectivity index (χ2n) is 1.15. The highest BCUT2D eigenvalue weighted by atomic mass is 16.9. The lowest BCUT2D eigenvalue weighted by molar-refractivity contribution is -1.04. The molecular weight excluding hydrogens is 112 g/mol. The molecule has 0 bridgehead atoms. The molecule has 3 N–H and O–H groups in total. The Bertz CT molecular complexity index is 82.6. The van der Waals surface area contributed by atoms with Crippen LogP contribution in [0.3, 0.4) is 0 Å². The van der Waals surface area contributed by atoms with Crippen molar-refractivity contribution in [2.24, 2.45) is 5.84 Å². The van der Waals surface area contributed by atoms with Crippen molar-refractivity contribution in [2.75, 3.05) is 0 Å². The third-order valence-electron chi connectivity index (χ3n) is 0.503. The van der Waals surface area contributed by atoms with E-state index in [0.29, 0.717) is 0 Å². The van der Waals surface area contributed by atoms with E-state index >= 15 is 0 Å². The van der Waals surface area contributed by atoms with Crippen molar-refractivity contribution in [1.82, 2.24) is 0 Å². The van der Waals surface area contributed by atoms with Crippen LogP contribution in [0, 0.1) is 5.21 Å². The largest absolute Gasteiger partial charge is 0.570 e. The summed E-state index contributed by atoms with van der Waals surface area (Å²) in [5, 5.41) is 8.70. The van der Waals surface area contributed by atoms with Gasteiger partial charge in [-0.3, -0.25) is 4.84 Å². The van der Waals surface area contributed by atoms with E-state index in [2.05, 4.69) is 10.7 Å². The average Bonchev–Trinajstić information content (AvgIpc) is 1.65. The molecule has 0 aromatic rings. The molecule has 0 saturated carbocycles. The molecule has 0 amide bonds. The third kappa shape index (κ3) is 3.54. The van der Waals surface area contributed by atoms with Crippen LogP contribution in [-0.2, 0) is 9.63 Å². The molecule has 0 aliphatic carbocycles. The first-order valence-electron chi connectivity index (χ1n) is 2.17. The van der Waals surface area contributed by atoms with Gasteiger partial charge in [-0.2, -0.15) is 0 Å². The monoisotopic (exact) mass is 120 g/mol. The van der Waals surface area contributed by atoms with E-state index < -0.39 is 11.3 Å². The van der Waals surface area contributed by atoms with Gasteiger partial charge in [0.1, 0.15) is 0 Å². The average molecular weight is 120 g/mol. The van der Waals surface area contributed by atoms with Crippen LogP contribution in [-0.4, -0.2) is 5.97 Å². The maximum absolute atomic E-state index is 10.1. The SMILES string of the molecule is CCC(=O)O[NH+](N)[O-]. The van der Waals surface area contributed by atoms with Crippen LogP contribution in [0.4, 0.5) is 0 Å². The summed E-state index contributed by atoms with van der Waals surface area (Å²) in [7, 11) is 0. The molecule has 0 radical (unpaired) electrons. The minimum absolute atomic E-state index is 0.170. The Balaban J connectivity index is 3.25. The van der Waals surface area contributed by atoms with Crippen LogP contribution < -0.4 is 11.2 Å². The summed E-state index contributed by atoms with van der Waals surface area (Å²) < 4.78 is 0. The second-order valence-corrected chi connectivity index (χ2v) is 1.15. The topological polar surface area (TPSA) is 79.8 Å². The summed E-state index contributed by atoms with van der Waals surface area (Å²) in [6.45, 7) is 1.57. The van der Waals surface area contributed by atoms with Gasteiger partial charge in [0.15, 0.2) is 0 Å². The van der Waals surface area contributed by atoms with Crippen molar-refractivity contribution in [1.29, 1.82) is 0 Å². The van der Waals surface area contributed by atoms with E-state index in [0.717, 1.165) is 0 Å². The zero-order valence-electron chi connectivity index (χ0n) is 4.51. The first kappa shape index (κ1) is 7.35. The molecule has 0 aromatic carbocycles. The summed E-state index contributed by atoms with van der Waals surface area (Å²) in [6.07, 6.45) is 0.170. The highest BCUT2D eigenvalue weighted by Crippen LogP contribution is 1.73. The first-order valence-corrected chi connectivity index (χ1v) is 2.17. The van der Waals surface area contributed by atoms with E-state index in [9.17, 15) is 10.0 Å². The molecule has 5 heteroatoms. The van der Waals surface area contributed by atoms with Crippen LogP contribution in [0.25, 0.3) is 0 Å². The molecular formula is C3H8N2O3. The fourth-order valence-corrected chi connectivity index (χ4v) is 0.184. The highest BCUT2D eigenvalue weighted by molar-refractivity contribution is 5.67. The Morgan fingerprint density at radius 3 is 2.62 bits per heavy atom. The number of carbonyl (C=O) groups excluding carboxylic acids is 1. The van der Waals surface area contributed by atoms with Crippen molar-refractivity contribution < 1.29 is 15.0 Å². The normalized spacial score (nSPS) is 12.9. The van der Waals surface area contributed by atoms with Gasteiger partial charge in [-0.25, -0.2) is 4.79 Å². The maximum Gasteiger partial charge on any atom is 0.369 e. The van der Waals surface area contributed by atoms with Crippen molar-refractivity contribution in [3.8, 4) is 0 Å². The van der Waals surface area contributed by atoms with Crippen LogP contribution in [0.15, 0.2) is 0 Å². The second kappa shape index (κ2) is 3.36. The first-order chi connectivity index (χ1) is 3.66. The molecule has 0 aromatic heterocycles. The van der Waals surface area contributed by atoms with Crippen molar-refractivity contribution >= 4 is 5.97 Å². The molecule has 1 unspecified atom stereocenters. The van der Waals surface area contributed by atoms with Gasteiger partial charge in [0.2, 0.25) is 0 Å². The standard InChI is InChI=1S/C3H8N2O3/c1-2-3(6)8-5(4)7/h5H,2,4H2,1H3. The van der Waals surface area contributed by atoms with E-state index in [1.807, 2.05) is 0 Å². The summed E-state index contributed by atoms with van der Waals surface area (Å²) in [4.78, 5) is 14.0. The molecule has 0 aliphatic heterocycles. The summed E-state index contributed by atoms with van der Waals surface area (Å²) >= 11 is 0. The molecule has 0 aliphatic rings. The van der Waals surface area contributed by atoms with Gasteiger partial charge >= 0.3 is 5.97 Å². The molecule has 0 saturated heterocycles. The van der Waals surface area contributed by atoms with Gasteiger partial charge in [-0.15, -0.1) is 11.2 Å². The number of carbonyl (C=O) groups is 1. The zero-order chi connectivity index (χ0) is 6.57. The Morgan fingerprint density at radius 2 is 2.50 bits per heavy atom. The van der Waals surface area contributed by atoms with Gasteiger partial charge in [0, 0.05) is 6.42 Å². The fourth-order valence-electron chi connectivity index (χ4n) is 0.184. The van der Waals surface area contributed by atoms with Crippen molar-refractivity contribution in [3.63, 3.8) is 0 Å². The number of nitrogens with one attached hydrogen (secondary N) is 1. The van der Waals surface area contributed by atoms with Crippen LogP contribution in [0.1, 0.15) is 13.3 Å². The summed E-state index contributed by atoms with van der Waals surface area (Å²) in [5.41, 5.74) is 0. The van der Waals surface area contributed by atoms with Crippen LogP contribution >= 0.6 is 0 Å². The van der Waals surface area contributed by atoms with E-state index in [-0.39, 0.29) is 6.42 Å². The molecule has 48 valence electrons. The quantitative estimate of drug-likeness (QED) is 0.330. The molecule has 1 atom stereocenters. The van der Waals surface area contributed by atoms with Gasteiger partial charge in [-0.05, 0) is 0 Å². The van der Waals surface area contributed by atoms with Gasteiger partial charge in [0.25, 0.3) is 0 Å². The van der Waals surface area contributed by atoms with Gasteiger partial charge in [-0.1, -0.05) is 6.92 Å². The van der Waals surface area contributed by atoms with Crippen LogP contribution in [0.5, 0.6) is 0 Å². The third-order valence-corrected chi connectivity index (χ3v) is 0.503. The minimum Gasteiger partial charge on any atom is -0.570 e. The smallest absolute Gasteiger partial charge is 0.369 e. The number of nitrogens with two attached hydrogens (primary N) is 1. The summed E-state index contributed by atoms with van der Waals surface area (Å²) in [5.74, 6) is 3.89. The predicted octanol–water partition coefficient (Wildman–Crippen LogP) is -1.89. The molecule has 0 spiro atoms. The minimum atomic E-state index is -1.04. The molecule has 5 nitrogen and oxygen atoms in total. The van der Waals surface area contributed by atoms with Gasteiger partial charge < -0.3 is 5.21 Å². The van der Waals surface area contributed by atoms with Crippen LogP contribution in [0.2, 0.25) is 0 Å². The lowest BCUT2D eigenvalue weighted by Gasteiger charge is -2.09. The Morgan fingerprint density at radius 1 is 2.00 bits per heavy atom. The number of quaternary nitrogens is 1.